The van der Waals surface area contributed by atoms with Crippen LogP contribution in [0.2, 0.25) is 5.15 Å². The molecule has 5 heteroatoms. The maximum atomic E-state index is 10.1. The lowest BCUT2D eigenvalue weighted by atomic mass is 10.4. The van der Waals surface area contributed by atoms with Gasteiger partial charge in [0.2, 0.25) is 0 Å². The minimum Gasteiger partial charge on any atom is -0.382 e. The Morgan fingerprint density at radius 1 is 1.70 bits per heavy atom. The highest BCUT2D eigenvalue weighted by molar-refractivity contribution is 6.29. The van der Waals surface area contributed by atoms with Gasteiger partial charge >= 0.3 is 0 Å². The molecule has 10 heavy (non-hydrogen) atoms. The SMILES string of the molecule is Nc1nc(Cl)cnc1C=O. The van der Waals surface area contributed by atoms with Crippen LogP contribution in [0.1, 0.15) is 10.5 Å². The lowest BCUT2D eigenvalue weighted by Crippen LogP contribution is -1.99. The van der Waals surface area contributed by atoms with Crippen molar-refractivity contribution >= 4 is 23.7 Å². The number of nitrogens with zero attached hydrogens (tertiary/aromatic N) is 2. The Kier molecular flexibility index (Phi) is 1.82. The zero-order valence-corrected chi connectivity index (χ0v) is 5.67. The van der Waals surface area contributed by atoms with E-state index < -0.39 is 0 Å². The highest BCUT2D eigenvalue weighted by atomic mass is 35.5. The summed E-state index contributed by atoms with van der Waals surface area (Å²) in [6.07, 6.45) is 1.79. The molecule has 1 aromatic heterocycles. The molecular weight excluding hydrogens is 154 g/mol. The fraction of sp³-hybridized carbons (Fsp3) is 0. The van der Waals surface area contributed by atoms with E-state index in [-0.39, 0.29) is 16.7 Å². The molecule has 1 rings (SSSR count). The third-order valence-electron chi connectivity index (χ3n) is 0.911. The average molecular weight is 158 g/mol. The van der Waals surface area contributed by atoms with Crippen LogP contribution in [-0.4, -0.2) is 16.3 Å². The summed E-state index contributed by atoms with van der Waals surface area (Å²) in [6, 6.07) is 0. The maximum absolute atomic E-state index is 10.1. The van der Waals surface area contributed by atoms with Gasteiger partial charge in [-0.3, -0.25) is 4.79 Å². The molecule has 0 fully saturated rings. The maximum Gasteiger partial charge on any atom is 0.172 e. The first-order valence-corrected chi connectivity index (χ1v) is 2.85. The van der Waals surface area contributed by atoms with E-state index in [1.807, 2.05) is 0 Å². The van der Waals surface area contributed by atoms with Crippen LogP contribution < -0.4 is 5.73 Å². The van der Waals surface area contributed by atoms with Crippen LogP contribution in [0.4, 0.5) is 5.82 Å². The highest BCUT2D eigenvalue weighted by Gasteiger charge is 1.99. The van der Waals surface area contributed by atoms with Crippen LogP contribution in [0.3, 0.4) is 0 Å². The van der Waals surface area contributed by atoms with Crippen LogP contribution in [-0.2, 0) is 0 Å². The quantitative estimate of drug-likeness (QED) is 0.604. The molecule has 0 spiro atoms. The smallest absolute Gasteiger partial charge is 0.172 e. The monoisotopic (exact) mass is 157 g/mol. The molecule has 0 aromatic carbocycles. The van der Waals surface area contributed by atoms with Crippen molar-refractivity contribution in [3.05, 3.63) is 17.0 Å². The molecule has 1 aromatic rings. The van der Waals surface area contributed by atoms with Crippen LogP contribution in [0, 0.1) is 0 Å². The van der Waals surface area contributed by atoms with Crippen molar-refractivity contribution in [3.63, 3.8) is 0 Å². The van der Waals surface area contributed by atoms with E-state index in [1.54, 1.807) is 0 Å². The summed E-state index contributed by atoms with van der Waals surface area (Å²) >= 11 is 5.40. The number of aromatic nitrogens is 2. The second-order valence-corrected chi connectivity index (χ2v) is 1.97. The van der Waals surface area contributed by atoms with Crippen LogP contribution in [0.5, 0.6) is 0 Å². The summed E-state index contributed by atoms with van der Waals surface area (Å²) in [7, 11) is 0. The molecule has 4 nitrogen and oxygen atoms in total. The average Bonchev–Trinajstić information content (AvgIpc) is 1.88. The van der Waals surface area contributed by atoms with Crippen LogP contribution in [0.25, 0.3) is 0 Å². The van der Waals surface area contributed by atoms with E-state index in [2.05, 4.69) is 9.97 Å². The Labute approximate surface area is 62.0 Å². The predicted octanol–water partition coefficient (Wildman–Crippen LogP) is 0.525. The van der Waals surface area contributed by atoms with Crippen molar-refractivity contribution in [2.75, 3.05) is 5.73 Å². The number of carbonyl (C=O) groups excluding carboxylic acids is 1. The van der Waals surface area contributed by atoms with E-state index >= 15 is 0 Å². The number of hydrogen-bond acceptors (Lipinski definition) is 4. The molecule has 0 atom stereocenters. The number of anilines is 1. The van der Waals surface area contributed by atoms with Gasteiger partial charge in [0.05, 0.1) is 6.20 Å². The van der Waals surface area contributed by atoms with E-state index in [0.717, 1.165) is 0 Å². The van der Waals surface area contributed by atoms with Gasteiger partial charge < -0.3 is 5.73 Å². The Morgan fingerprint density at radius 3 is 2.90 bits per heavy atom. The summed E-state index contributed by atoms with van der Waals surface area (Å²) in [4.78, 5) is 17.3. The van der Waals surface area contributed by atoms with Crippen LogP contribution in [0.15, 0.2) is 6.20 Å². The first kappa shape index (κ1) is 6.95. The number of carbonyl (C=O) groups is 1. The molecule has 0 aliphatic carbocycles. The molecule has 0 aliphatic heterocycles. The van der Waals surface area contributed by atoms with Gasteiger partial charge in [-0.2, -0.15) is 0 Å². The van der Waals surface area contributed by atoms with Gasteiger partial charge in [-0.1, -0.05) is 11.6 Å². The second-order valence-electron chi connectivity index (χ2n) is 1.58. The summed E-state index contributed by atoms with van der Waals surface area (Å²) in [6.45, 7) is 0. The van der Waals surface area contributed by atoms with E-state index in [4.69, 9.17) is 17.3 Å². The number of nitrogen functional groups attached to an aromatic ring is 1. The molecule has 0 amide bonds. The molecule has 52 valence electrons. The molecule has 0 saturated carbocycles. The number of aldehydes is 1. The van der Waals surface area contributed by atoms with Gasteiger partial charge in [-0.05, 0) is 0 Å². The van der Waals surface area contributed by atoms with E-state index in [1.165, 1.54) is 6.20 Å². The predicted molar refractivity (Wildman–Crippen MR) is 36.8 cm³/mol. The lowest BCUT2D eigenvalue weighted by Gasteiger charge is -1.94. The Balaban J connectivity index is 3.19. The summed E-state index contributed by atoms with van der Waals surface area (Å²) < 4.78 is 0. The Bertz CT molecular complexity index is 263. The molecule has 0 aliphatic rings. The molecule has 0 bridgehead atoms. The zero-order chi connectivity index (χ0) is 7.56. The first-order chi connectivity index (χ1) is 4.74. The standard InChI is InChI=1S/C5H4ClN3O/c6-4-1-8-3(2-10)5(7)9-4/h1-2H,(H2,7,9). The summed E-state index contributed by atoms with van der Waals surface area (Å²) in [5.41, 5.74) is 5.36. The summed E-state index contributed by atoms with van der Waals surface area (Å²) in [5.74, 6) is 0.0579. The number of halogens is 1. The second kappa shape index (κ2) is 2.62. The minimum absolute atomic E-state index is 0.0579. The number of nitrogens with two attached hydrogens (primary N) is 1. The third-order valence-corrected chi connectivity index (χ3v) is 1.09. The van der Waals surface area contributed by atoms with E-state index in [9.17, 15) is 4.79 Å². The highest BCUT2D eigenvalue weighted by Crippen LogP contribution is 2.06. The molecule has 2 N–H and O–H groups in total. The Hall–Kier alpha value is -1.16. The van der Waals surface area contributed by atoms with Gasteiger partial charge in [0.25, 0.3) is 0 Å². The van der Waals surface area contributed by atoms with Gasteiger partial charge in [-0.25, -0.2) is 9.97 Å². The molecule has 0 radical (unpaired) electrons. The van der Waals surface area contributed by atoms with Gasteiger partial charge in [-0.15, -0.1) is 0 Å². The molecular formula is C5H4ClN3O. The fourth-order valence-electron chi connectivity index (χ4n) is 0.481. The molecule has 0 saturated heterocycles. The molecule has 0 unspecified atom stereocenters. The topological polar surface area (TPSA) is 68.9 Å². The van der Waals surface area contributed by atoms with Crippen molar-refractivity contribution < 1.29 is 4.79 Å². The van der Waals surface area contributed by atoms with Crippen molar-refractivity contribution in [1.29, 1.82) is 0 Å². The van der Waals surface area contributed by atoms with Crippen molar-refractivity contribution in [3.8, 4) is 0 Å². The Morgan fingerprint density at radius 2 is 2.40 bits per heavy atom. The van der Waals surface area contributed by atoms with Crippen molar-refractivity contribution in [2.24, 2.45) is 0 Å². The van der Waals surface area contributed by atoms with Crippen LogP contribution >= 0.6 is 11.6 Å². The molecule has 1 heterocycles. The third kappa shape index (κ3) is 1.22. The number of rotatable bonds is 1. The van der Waals surface area contributed by atoms with Gasteiger partial charge in [0, 0.05) is 0 Å². The summed E-state index contributed by atoms with van der Waals surface area (Å²) in [5, 5.41) is 0.183. The van der Waals surface area contributed by atoms with Gasteiger partial charge in [0.15, 0.2) is 12.1 Å². The normalized spacial score (nSPS) is 9.30. The fourth-order valence-corrected chi connectivity index (χ4v) is 0.621. The lowest BCUT2D eigenvalue weighted by molar-refractivity contribution is 0.111. The van der Waals surface area contributed by atoms with Crippen molar-refractivity contribution in [2.45, 2.75) is 0 Å². The van der Waals surface area contributed by atoms with E-state index in [0.29, 0.717) is 6.29 Å². The minimum atomic E-state index is 0.0579. The zero-order valence-electron chi connectivity index (χ0n) is 4.91. The largest absolute Gasteiger partial charge is 0.382 e. The first-order valence-electron chi connectivity index (χ1n) is 2.47. The number of hydrogen-bond donors (Lipinski definition) is 1. The van der Waals surface area contributed by atoms with Crippen molar-refractivity contribution in [1.82, 2.24) is 9.97 Å². The van der Waals surface area contributed by atoms with Gasteiger partial charge in [0.1, 0.15) is 10.8 Å².